The molecule has 116 valence electrons. The van der Waals surface area contributed by atoms with Crippen molar-refractivity contribution in [3.63, 3.8) is 0 Å². The van der Waals surface area contributed by atoms with Crippen LogP contribution in [-0.2, 0) is 11.3 Å². The first-order valence-corrected chi connectivity index (χ1v) is 7.27. The number of hydrogen-bond acceptors (Lipinski definition) is 2. The van der Waals surface area contributed by atoms with Crippen molar-refractivity contribution in [3.05, 3.63) is 63.9 Å². The Morgan fingerprint density at radius 1 is 1.18 bits per heavy atom. The second-order valence-electron chi connectivity index (χ2n) is 4.77. The molecule has 0 saturated carbocycles. The van der Waals surface area contributed by atoms with Crippen LogP contribution in [0.5, 0.6) is 5.75 Å². The van der Waals surface area contributed by atoms with Crippen LogP contribution in [0.2, 0.25) is 10.0 Å². The van der Waals surface area contributed by atoms with Crippen LogP contribution >= 0.6 is 23.2 Å². The number of benzene rings is 2. The zero-order valence-corrected chi connectivity index (χ0v) is 13.4. The Bertz CT molecular complexity index is 659. The third-order valence-electron chi connectivity index (χ3n) is 2.93. The summed E-state index contributed by atoms with van der Waals surface area (Å²) in [4.78, 5) is 13.5. The van der Waals surface area contributed by atoms with Crippen LogP contribution in [0.3, 0.4) is 0 Å². The van der Waals surface area contributed by atoms with Gasteiger partial charge in [-0.2, -0.15) is 0 Å². The highest BCUT2D eigenvalue weighted by molar-refractivity contribution is 6.34. The van der Waals surface area contributed by atoms with Gasteiger partial charge in [-0.25, -0.2) is 4.39 Å². The van der Waals surface area contributed by atoms with Gasteiger partial charge in [0.2, 0.25) is 0 Å². The van der Waals surface area contributed by atoms with Crippen molar-refractivity contribution in [2.45, 2.75) is 6.54 Å². The molecule has 2 aromatic rings. The Labute approximate surface area is 138 Å². The van der Waals surface area contributed by atoms with E-state index in [1.807, 2.05) is 0 Å². The summed E-state index contributed by atoms with van der Waals surface area (Å²) in [5, 5.41) is 0.867. The minimum atomic E-state index is -0.330. The fourth-order valence-corrected chi connectivity index (χ4v) is 2.37. The molecule has 0 fully saturated rings. The van der Waals surface area contributed by atoms with Gasteiger partial charge in [-0.1, -0.05) is 35.3 Å². The third-order valence-corrected chi connectivity index (χ3v) is 3.37. The number of carbonyl (C=O) groups is 1. The fourth-order valence-electron chi connectivity index (χ4n) is 1.86. The molecular weight excluding hydrogens is 328 g/mol. The van der Waals surface area contributed by atoms with Crippen LogP contribution in [0.1, 0.15) is 5.56 Å². The summed E-state index contributed by atoms with van der Waals surface area (Å²) < 4.78 is 18.5. The van der Waals surface area contributed by atoms with E-state index in [9.17, 15) is 9.18 Å². The summed E-state index contributed by atoms with van der Waals surface area (Å²) in [6.45, 7) is 0.152. The van der Waals surface area contributed by atoms with Crippen molar-refractivity contribution in [3.8, 4) is 5.75 Å². The number of carbonyl (C=O) groups excluding carboxylic acids is 1. The molecule has 6 heteroatoms. The van der Waals surface area contributed by atoms with Crippen LogP contribution in [0.15, 0.2) is 42.5 Å². The van der Waals surface area contributed by atoms with Crippen LogP contribution in [0.25, 0.3) is 0 Å². The van der Waals surface area contributed by atoms with Gasteiger partial charge in [-0.05, 0) is 35.9 Å². The van der Waals surface area contributed by atoms with Gasteiger partial charge in [0, 0.05) is 23.6 Å². The van der Waals surface area contributed by atoms with E-state index >= 15 is 0 Å². The van der Waals surface area contributed by atoms with Crippen LogP contribution in [-0.4, -0.2) is 24.5 Å². The van der Waals surface area contributed by atoms with Gasteiger partial charge in [0.15, 0.2) is 6.61 Å². The highest BCUT2D eigenvalue weighted by Gasteiger charge is 2.11. The summed E-state index contributed by atoms with van der Waals surface area (Å²) in [7, 11) is 1.63. The summed E-state index contributed by atoms with van der Waals surface area (Å²) in [5.41, 5.74) is 0.710. The van der Waals surface area contributed by atoms with Crippen LogP contribution < -0.4 is 4.74 Å². The van der Waals surface area contributed by atoms with E-state index in [4.69, 9.17) is 27.9 Å². The Morgan fingerprint density at radius 3 is 2.50 bits per heavy atom. The van der Waals surface area contributed by atoms with Gasteiger partial charge < -0.3 is 9.64 Å². The lowest BCUT2D eigenvalue weighted by molar-refractivity contribution is -0.132. The van der Waals surface area contributed by atoms with E-state index < -0.39 is 0 Å². The number of amides is 1. The van der Waals surface area contributed by atoms with Crippen molar-refractivity contribution >= 4 is 29.1 Å². The van der Waals surface area contributed by atoms with Gasteiger partial charge in [0.1, 0.15) is 11.6 Å². The lowest BCUT2D eigenvalue weighted by atomic mass is 10.2. The van der Waals surface area contributed by atoms with E-state index in [0.717, 1.165) is 0 Å². The second kappa shape index (κ2) is 7.47. The molecule has 0 aliphatic carbocycles. The molecule has 0 spiro atoms. The monoisotopic (exact) mass is 341 g/mol. The highest BCUT2D eigenvalue weighted by atomic mass is 35.5. The van der Waals surface area contributed by atoms with Crippen LogP contribution in [0.4, 0.5) is 4.39 Å². The largest absolute Gasteiger partial charge is 0.484 e. The number of hydrogen-bond donors (Lipinski definition) is 0. The summed E-state index contributed by atoms with van der Waals surface area (Å²) in [5.74, 6) is -0.145. The molecule has 0 aliphatic rings. The highest BCUT2D eigenvalue weighted by Crippen LogP contribution is 2.24. The zero-order valence-electron chi connectivity index (χ0n) is 11.9. The molecule has 0 saturated heterocycles. The standard InChI is InChI=1S/C16H14Cl2FNO2/c1-20(9-11-3-2-4-14(19)5-11)16(21)10-22-15-7-12(17)6-13(18)8-15/h2-8H,9-10H2,1H3. The Kier molecular flexibility index (Phi) is 5.63. The molecule has 0 N–H and O–H groups in total. The van der Waals surface area contributed by atoms with Gasteiger partial charge in [-0.3, -0.25) is 4.79 Å². The first-order valence-electron chi connectivity index (χ1n) is 6.51. The Balaban J connectivity index is 1.91. The van der Waals surface area contributed by atoms with Gasteiger partial charge >= 0.3 is 0 Å². The predicted molar refractivity (Wildman–Crippen MR) is 84.8 cm³/mol. The Morgan fingerprint density at radius 2 is 1.86 bits per heavy atom. The normalized spacial score (nSPS) is 10.4. The smallest absolute Gasteiger partial charge is 0.260 e. The predicted octanol–water partition coefficient (Wildman–Crippen LogP) is 4.17. The fraction of sp³-hybridized carbons (Fsp3) is 0.188. The number of rotatable bonds is 5. The molecule has 2 aromatic carbocycles. The second-order valence-corrected chi connectivity index (χ2v) is 5.65. The molecule has 1 amide bonds. The zero-order chi connectivity index (χ0) is 16.1. The van der Waals surface area contributed by atoms with Crippen molar-refractivity contribution in [1.29, 1.82) is 0 Å². The molecule has 0 unspecified atom stereocenters. The maximum absolute atomic E-state index is 13.1. The molecule has 2 rings (SSSR count). The maximum Gasteiger partial charge on any atom is 0.260 e. The topological polar surface area (TPSA) is 29.5 Å². The van der Waals surface area contributed by atoms with Crippen molar-refractivity contribution < 1.29 is 13.9 Å². The SMILES string of the molecule is CN(Cc1cccc(F)c1)C(=O)COc1cc(Cl)cc(Cl)c1. The molecule has 0 atom stereocenters. The molecule has 0 aromatic heterocycles. The van der Waals surface area contributed by atoms with Crippen molar-refractivity contribution in [1.82, 2.24) is 4.90 Å². The van der Waals surface area contributed by atoms with Gasteiger partial charge in [0.05, 0.1) is 0 Å². The maximum atomic E-state index is 13.1. The molecule has 3 nitrogen and oxygen atoms in total. The number of nitrogens with zero attached hydrogens (tertiary/aromatic N) is 1. The molecule has 0 bridgehead atoms. The third kappa shape index (κ3) is 4.90. The minimum Gasteiger partial charge on any atom is -0.484 e. The lowest BCUT2D eigenvalue weighted by Crippen LogP contribution is -2.31. The average molecular weight is 342 g/mol. The molecule has 0 radical (unpaired) electrons. The van der Waals surface area contributed by atoms with Gasteiger partial charge in [-0.15, -0.1) is 0 Å². The molecular formula is C16H14Cl2FNO2. The lowest BCUT2D eigenvalue weighted by Gasteiger charge is -2.17. The summed E-state index contributed by atoms with van der Waals surface area (Å²) in [6, 6.07) is 10.8. The number of halogens is 3. The Hall–Kier alpha value is -1.78. The van der Waals surface area contributed by atoms with Crippen molar-refractivity contribution in [2.24, 2.45) is 0 Å². The average Bonchev–Trinajstić information content (AvgIpc) is 2.43. The minimum absolute atomic E-state index is 0.150. The number of likely N-dealkylation sites (N-methyl/N-ethyl adjacent to an activating group) is 1. The first kappa shape index (κ1) is 16.6. The quantitative estimate of drug-likeness (QED) is 0.816. The van der Waals surface area contributed by atoms with E-state index in [-0.39, 0.29) is 18.3 Å². The van der Waals surface area contributed by atoms with E-state index in [0.29, 0.717) is 27.9 Å². The first-order chi connectivity index (χ1) is 10.4. The van der Waals surface area contributed by atoms with E-state index in [1.165, 1.54) is 17.0 Å². The molecule has 22 heavy (non-hydrogen) atoms. The van der Waals surface area contributed by atoms with E-state index in [1.54, 1.807) is 37.4 Å². The molecule has 0 aliphatic heterocycles. The van der Waals surface area contributed by atoms with Gasteiger partial charge in [0.25, 0.3) is 5.91 Å². The summed E-state index contributed by atoms with van der Waals surface area (Å²) in [6.07, 6.45) is 0. The summed E-state index contributed by atoms with van der Waals surface area (Å²) >= 11 is 11.7. The number of ether oxygens (including phenoxy) is 1. The van der Waals surface area contributed by atoms with Crippen LogP contribution in [0, 0.1) is 5.82 Å². The molecule has 0 heterocycles. The van der Waals surface area contributed by atoms with E-state index in [2.05, 4.69) is 0 Å². The van der Waals surface area contributed by atoms with Crippen molar-refractivity contribution in [2.75, 3.05) is 13.7 Å².